The summed E-state index contributed by atoms with van der Waals surface area (Å²) in [6.07, 6.45) is 12.4. The van der Waals surface area contributed by atoms with Crippen molar-refractivity contribution in [3.05, 3.63) is 35.8 Å². The number of rotatable bonds is 4. The molecule has 82 valence electrons. The summed E-state index contributed by atoms with van der Waals surface area (Å²) in [5.74, 6) is 0. The van der Waals surface area contributed by atoms with Crippen molar-refractivity contribution in [2.24, 2.45) is 0 Å². The Hall–Kier alpha value is -1.02. The Labute approximate surface area is 91.4 Å². The van der Waals surface area contributed by atoms with E-state index < -0.39 is 0 Å². The van der Waals surface area contributed by atoms with Crippen LogP contribution in [0.5, 0.6) is 0 Å². The molecule has 2 nitrogen and oxygen atoms in total. The second kappa shape index (κ2) is 5.17. The van der Waals surface area contributed by atoms with Crippen LogP contribution in [0, 0.1) is 0 Å². The predicted molar refractivity (Wildman–Crippen MR) is 61.7 cm³/mol. The second-order valence-corrected chi connectivity index (χ2v) is 4.21. The van der Waals surface area contributed by atoms with Crippen molar-refractivity contribution < 1.29 is 4.42 Å². The normalized spacial score (nSPS) is 18.6. The maximum atomic E-state index is 5.13. The van der Waals surface area contributed by atoms with Gasteiger partial charge >= 0.3 is 0 Å². The molecule has 0 saturated heterocycles. The van der Waals surface area contributed by atoms with Crippen LogP contribution in [0.3, 0.4) is 0 Å². The molecule has 1 aromatic rings. The maximum Gasteiger partial charge on any atom is 0.0950 e. The highest BCUT2D eigenvalue weighted by Crippen LogP contribution is 2.27. The van der Waals surface area contributed by atoms with E-state index in [1.54, 1.807) is 11.8 Å². The Bertz CT molecular complexity index is 313. The number of hydrogen-bond donors (Lipinski definition) is 1. The van der Waals surface area contributed by atoms with Crippen LogP contribution in [0.15, 0.2) is 34.7 Å². The third kappa shape index (κ3) is 2.72. The van der Waals surface area contributed by atoms with Crippen LogP contribution < -0.4 is 5.32 Å². The number of hydrogen-bond acceptors (Lipinski definition) is 2. The van der Waals surface area contributed by atoms with Crippen LogP contribution in [0.25, 0.3) is 0 Å². The van der Waals surface area contributed by atoms with Crippen LogP contribution in [-0.4, -0.2) is 7.05 Å². The van der Waals surface area contributed by atoms with Gasteiger partial charge in [0.25, 0.3) is 0 Å². The smallest absolute Gasteiger partial charge is 0.0950 e. The SMILES string of the molecule is CNC(CC1=CCCCC1)c1ccoc1. The van der Waals surface area contributed by atoms with E-state index in [2.05, 4.69) is 11.4 Å². The quantitative estimate of drug-likeness (QED) is 0.762. The van der Waals surface area contributed by atoms with E-state index in [1.807, 2.05) is 19.4 Å². The van der Waals surface area contributed by atoms with Gasteiger partial charge in [-0.2, -0.15) is 0 Å². The van der Waals surface area contributed by atoms with Gasteiger partial charge in [0, 0.05) is 11.6 Å². The summed E-state index contributed by atoms with van der Waals surface area (Å²) in [5, 5.41) is 3.35. The standard InChI is InChI=1S/C13H19NO/c1-14-13(12-7-8-15-10-12)9-11-5-3-2-4-6-11/h5,7-8,10,13-14H,2-4,6,9H2,1H3. The summed E-state index contributed by atoms with van der Waals surface area (Å²) >= 11 is 0. The summed E-state index contributed by atoms with van der Waals surface area (Å²) in [6.45, 7) is 0. The van der Waals surface area contributed by atoms with Gasteiger partial charge in [-0.05, 0) is 45.2 Å². The molecule has 0 radical (unpaired) electrons. The molecular weight excluding hydrogens is 186 g/mol. The molecule has 0 saturated carbocycles. The van der Waals surface area contributed by atoms with Gasteiger partial charge in [0.1, 0.15) is 0 Å². The highest BCUT2D eigenvalue weighted by Gasteiger charge is 2.13. The first-order valence-corrected chi connectivity index (χ1v) is 5.77. The molecule has 0 aliphatic heterocycles. The molecule has 15 heavy (non-hydrogen) atoms. The van der Waals surface area contributed by atoms with Crippen LogP contribution in [0.1, 0.15) is 43.7 Å². The van der Waals surface area contributed by atoms with Gasteiger partial charge in [0.05, 0.1) is 12.5 Å². The van der Waals surface area contributed by atoms with Crippen molar-refractivity contribution in [2.75, 3.05) is 7.05 Å². The zero-order chi connectivity index (χ0) is 10.5. The Morgan fingerprint density at radius 2 is 2.40 bits per heavy atom. The minimum absolute atomic E-state index is 0.410. The van der Waals surface area contributed by atoms with Crippen LogP contribution in [-0.2, 0) is 0 Å². The Kier molecular flexibility index (Phi) is 3.62. The highest BCUT2D eigenvalue weighted by molar-refractivity contribution is 5.16. The van der Waals surface area contributed by atoms with Crippen LogP contribution in [0.4, 0.5) is 0 Å². The molecule has 0 fully saturated rings. The Morgan fingerprint density at radius 1 is 1.47 bits per heavy atom. The van der Waals surface area contributed by atoms with Gasteiger partial charge in [-0.15, -0.1) is 0 Å². The third-order valence-corrected chi connectivity index (χ3v) is 3.15. The molecule has 0 spiro atoms. The summed E-state index contributed by atoms with van der Waals surface area (Å²) in [7, 11) is 2.01. The van der Waals surface area contributed by atoms with Gasteiger partial charge in [-0.1, -0.05) is 11.6 Å². The number of allylic oxidation sites excluding steroid dienone is 1. The molecular formula is C13H19NO. The average molecular weight is 205 g/mol. The lowest BCUT2D eigenvalue weighted by molar-refractivity contribution is 0.531. The predicted octanol–water partition coefficient (Wildman–Crippen LogP) is 3.43. The van der Waals surface area contributed by atoms with Crippen molar-refractivity contribution in [3.63, 3.8) is 0 Å². The lowest BCUT2D eigenvalue weighted by Crippen LogP contribution is -2.16. The molecule has 0 amide bonds. The molecule has 2 heteroatoms. The van der Waals surface area contributed by atoms with Crippen molar-refractivity contribution >= 4 is 0 Å². The van der Waals surface area contributed by atoms with Crippen molar-refractivity contribution in [3.8, 4) is 0 Å². The minimum Gasteiger partial charge on any atom is -0.472 e. The summed E-state index contributed by atoms with van der Waals surface area (Å²) in [4.78, 5) is 0. The van der Waals surface area contributed by atoms with Gasteiger partial charge in [-0.3, -0.25) is 0 Å². The van der Waals surface area contributed by atoms with Crippen molar-refractivity contribution in [1.82, 2.24) is 5.32 Å². The second-order valence-electron chi connectivity index (χ2n) is 4.21. The fraction of sp³-hybridized carbons (Fsp3) is 0.538. The molecule has 1 heterocycles. The summed E-state index contributed by atoms with van der Waals surface area (Å²) in [6, 6.07) is 2.46. The topological polar surface area (TPSA) is 25.2 Å². The lowest BCUT2D eigenvalue weighted by Gasteiger charge is -2.19. The summed E-state index contributed by atoms with van der Waals surface area (Å²) in [5.41, 5.74) is 2.85. The fourth-order valence-corrected chi connectivity index (χ4v) is 2.21. The van der Waals surface area contributed by atoms with E-state index in [9.17, 15) is 0 Å². The molecule has 0 bridgehead atoms. The summed E-state index contributed by atoms with van der Waals surface area (Å²) < 4.78 is 5.13. The Balaban J connectivity index is 1.99. The van der Waals surface area contributed by atoms with Gasteiger partial charge in [0.15, 0.2) is 0 Å². The van der Waals surface area contributed by atoms with Gasteiger partial charge < -0.3 is 9.73 Å². The average Bonchev–Trinajstić information content (AvgIpc) is 2.81. The van der Waals surface area contributed by atoms with E-state index in [0.29, 0.717) is 6.04 Å². The monoisotopic (exact) mass is 205 g/mol. The largest absolute Gasteiger partial charge is 0.472 e. The molecule has 0 aromatic carbocycles. The molecule has 1 aromatic heterocycles. The zero-order valence-electron chi connectivity index (χ0n) is 9.33. The molecule has 1 aliphatic carbocycles. The van der Waals surface area contributed by atoms with Crippen molar-refractivity contribution in [1.29, 1.82) is 0 Å². The molecule has 1 atom stereocenters. The van der Waals surface area contributed by atoms with Gasteiger partial charge in [0.2, 0.25) is 0 Å². The van der Waals surface area contributed by atoms with Crippen LogP contribution in [0.2, 0.25) is 0 Å². The molecule has 1 aliphatic rings. The van der Waals surface area contributed by atoms with E-state index in [0.717, 1.165) is 6.42 Å². The van der Waals surface area contributed by atoms with Crippen LogP contribution >= 0.6 is 0 Å². The zero-order valence-corrected chi connectivity index (χ0v) is 9.33. The number of furan rings is 1. The highest BCUT2D eigenvalue weighted by atomic mass is 16.3. The first-order valence-electron chi connectivity index (χ1n) is 5.77. The Morgan fingerprint density at radius 3 is 3.00 bits per heavy atom. The third-order valence-electron chi connectivity index (χ3n) is 3.15. The fourth-order valence-electron chi connectivity index (χ4n) is 2.21. The van der Waals surface area contributed by atoms with Crippen molar-refractivity contribution in [2.45, 2.75) is 38.1 Å². The first kappa shape index (κ1) is 10.5. The molecule has 2 rings (SSSR count). The lowest BCUT2D eigenvalue weighted by atomic mass is 9.92. The van der Waals surface area contributed by atoms with E-state index in [1.165, 1.54) is 31.2 Å². The van der Waals surface area contributed by atoms with E-state index in [-0.39, 0.29) is 0 Å². The maximum absolute atomic E-state index is 5.13. The minimum atomic E-state index is 0.410. The molecule has 1 N–H and O–H groups in total. The first-order chi connectivity index (χ1) is 7.40. The molecule has 1 unspecified atom stereocenters. The van der Waals surface area contributed by atoms with E-state index in [4.69, 9.17) is 4.42 Å². The van der Waals surface area contributed by atoms with E-state index >= 15 is 0 Å². The number of nitrogens with one attached hydrogen (secondary N) is 1. The van der Waals surface area contributed by atoms with Gasteiger partial charge in [-0.25, -0.2) is 0 Å².